The molecule has 0 saturated carbocycles. The first-order valence-electron chi connectivity index (χ1n) is 9.23. The minimum Gasteiger partial charge on any atom is -0.444 e. The van der Waals surface area contributed by atoms with Gasteiger partial charge in [0.1, 0.15) is 12.1 Å². The average molecular weight is 474 g/mol. The molecule has 30 heavy (non-hydrogen) atoms. The molecule has 2 aromatic rings. The van der Waals surface area contributed by atoms with Gasteiger partial charge in [0, 0.05) is 21.9 Å². The second kappa shape index (κ2) is 10.6. The number of halogens is 1. The van der Waals surface area contributed by atoms with E-state index in [0.29, 0.717) is 11.4 Å². The Balaban J connectivity index is 1.81. The van der Waals surface area contributed by atoms with E-state index in [9.17, 15) is 14.4 Å². The standard InChI is InChI=1S/C22H24BrN3O4/c1-22(2,3)30-21(29)24-14-20(28)26-17-11-9-16(10-12-17)25-19(27)13-8-15-6-4-5-7-18(15)23/h4-13H,14H2,1-3H3,(H,24,29)(H,25,27)(H,26,28)/b13-8+. The van der Waals surface area contributed by atoms with Gasteiger partial charge in [-0.05, 0) is 62.7 Å². The fourth-order valence-corrected chi connectivity index (χ4v) is 2.69. The summed E-state index contributed by atoms with van der Waals surface area (Å²) in [4.78, 5) is 35.6. The first-order valence-corrected chi connectivity index (χ1v) is 10.0. The molecule has 2 aromatic carbocycles. The third-order valence-electron chi connectivity index (χ3n) is 3.55. The van der Waals surface area contributed by atoms with Gasteiger partial charge in [0.05, 0.1) is 0 Å². The van der Waals surface area contributed by atoms with Crippen molar-refractivity contribution in [3.63, 3.8) is 0 Å². The first kappa shape index (κ1) is 23.2. The lowest BCUT2D eigenvalue weighted by Gasteiger charge is -2.19. The largest absolute Gasteiger partial charge is 0.444 e. The molecular weight excluding hydrogens is 450 g/mol. The number of carbonyl (C=O) groups excluding carboxylic acids is 3. The van der Waals surface area contributed by atoms with Crippen LogP contribution >= 0.6 is 15.9 Å². The minimum atomic E-state index is -0.661. The number of amides is 3. The Morgan fingerprint density at radius 2 is 1.57 bits per heavy atom. The van der Waals surface area contributed by atoms with E-state index in [1.54, 1.807) is 51.1 Å². The van der Waals surface area contributed by atoms with Crippen LogP contribution in [0.1, 0.15) is 26.3 Å². The van der Waals surface area contributed by atoms with Crippen LogP contribution in [-0.2, 0) is 14.3 Å². The molecule has 0 aliphatic heterocycles. The van der Waals surface area contributed by atoms with Crippen LogP contribution in [0.25, 0.3) is 6.08 Å². The van der Waals surface area contributed by atoms with Gasteiger partial charge in [0.25, 0.3) is 0 Å². The number of alkyl carbamates (subject to hydrolysis) is 1. The molecule has 0 fully saturated rings. The lowest BCUT2D eigenvalue weighted by molar-refractivity contribution is -0.115. The number of benzene rings is 2. The maximum absolute atomic E-state index is 12.1. The summed E-state index contributed by atoms with van der Waals surface area (Å²) in [5.74, 6) is -0.668. The van der Waals surface area contributed by atoms with Crippen LogP contribution in [0.5, 0.6) is 0 Å². The van der Waals surface area contributed by atoms with E-state index in [0.717, 1.165) is 10.0 Å². The smallest absolute Gasteiger partial charge is 0.408 e. The molecule has 8 heteroatoms. The van der Waals surface area contributed by atoms with E-state index >= 15 is 0 Å². The minimum absolute atomic E-state index is 0.215. The summed E-state index contributed by atoms with van der Waals surface area (Å²) in [6, 6.07) is 14.2. The summed E-state index contributed by atoms with van der Waals surface area (Å²) >= 11 is 3.42. The number of hydrogen-bond donors (Lipinski definition) is 3. The summed E-state index contributed by atoms with van der Waals surface area (Å²) in [5.41, 5.74) is 1.38. The van der Waals surface area contributed by atoms with Crippen LogP contribution in [0.2, 0.25) is 0 Å². The van der Waals surface area contributed by atoms with Gasteiger partial charge >= 0.3 is 6.09 Å². The van der Waals surface area contributed by atoms with E-state index in [-0.39, 0.29) is 12.5 Å². The zero-order valence-electron chi connectivity index (χ0n) is 17.0. The Hall–Kier alpha value is -3.13. The van der Waals surface area contributed by atoms with Gasteiger partial charge in [0.2, 0.25) is 11.8 Å². The third-order valence-corrected chi connectivity index (χ3v) is 4.27. The van der Waals surface area contributed by atoms with Crippen molar-refractivity contribution in [2.24, 2.45) is 0 Å². The molecule has 0 aromatic heterocycles. The summed E-state index contributed by atoms with van der Waals surface area (Å²) in [7, 11) is 0. The monoisotopic (exact) mass is 473 g/mol. The van der Waals surface area contributed by atoms with Gasteiger partial charge in [-0.25, -0.2) is 4.79 Å². The fourth-order valence-electron chi connectivity index (χ4n) is 2.27. The molecule has 0 heterocycles. The molecule has 3 N–H and O–H groups in total. The third kappa shape index (κ3) is 8.48. The van der Waals surface area contributed by atoms with Crippen molar-refractivity contribution in [3.8, 4) is 0 Å². The van der Waals surface area contributed by atoms with Crippen molar-refractivity contribution >= 4 is 51.3 Å². The second-order valence-electron chi connectivity index (χ2n) is 7.33. The molecule has 0 atom stereocenters. The van der Waals surface area contributed by atoms with E-state index in [1.165, 1.54) is 6.08 Å². The number of ether oxygens (including phenoxy) is 1. The first-order chi connectivity index (χ1) is 14.1. The number of nitrogens with one attached hydrogen (secondary N) is 3. The molecule has 0 bridgehead atoms. The van der Waals surface area contributed by atoms with Gasteiger partial charge in [-0.3, -0.25) is 9.59 Å². The van der Waals surface area contributed by atoms with Gasteiger partial charge in [-0.15, -0.1) is 0 Å². The Kier molecular flexibility index (Phi) is 8.17. The molecule has 0 radical (unpaired) electrons. The fraction of sp³-hybridized carbons (Fsp3) is 0.227. The molecule has 0 spiro atoms. The Morgan fingerprint density at radius 3 is 2.17 bits per heavy atom. The van der Waals surface area contributed by atoms with Crippen LogP contribution in [0, 0.1) is 0 Å². The maximum atomic E-state index is 12.1. The molecule has 0 unspecified atom stereocenters. The Morgan fingerprint density at radius 1 is 0.967 bits per heavy atom. The number of carbonyl (C=O) groups is 3. The van der Waals surface area contributed by atoms with Gasteiger partial charge < -0.3 is 20.7 Å². The number of hydrogen-bond acceptors (Lipinski definition) is 4. The van der Waals surface area contributed by atoms with Crippen molar-refractivity contribution in [1.29, 1.82) is 0 Å². The Labute approximate surface area is 184 Å². The van der Waals surface area contributed by atoms with Crippen LogP contribution in [0.4, 0.5) is 16.2 Å². The van der Waals surface area contributed by atoms with E-state index < -0.39 is 17.6 Å². The second-order valence-corrected chi connectivity index (χ2v) is 8.18. The van der Waals surface area contributed by atoms with Gasteiger partial charge in [-0.2, -0.15) is 0 Å². The lowest BCUT2D eigenvalue weighted by Crippen LogP contribution is -2.37. The SMILES string of the molecule is CC(C)(C)OC(=O)NCC(=O)Nc1ccc(NC(=O)/C=C/c2ccccc2Br)cc1. The lowest BCUT2D eigenvalue weighted by atomic mass is 10.2. The molecule has 0 saturated heterocycles. The molecule has 0 aliphatic carbocycles. The summed E-state index contributed by atoms with van der Waals surface area (Å²) in [6.07, 6.45) is 2.50. The topological polar surface area (TPSA) is 96.5 Å². The average Bonchev–Trinajstić information content (AvgIpc) is 2.66. The predicted molar refractivity (Wildman–Crippen MR) is 121 cm³/mol. The molecule has 0 aliphatic rings. The molecule has 2 rings (SSSR count). The van der Waals surface area contributed by atoms with Crippen LogP contribution in [0.15, 0.2) is 59.1 Å². The molecule has 158 valence electrons. The van der Waals surface area contributed by atoms with Gasteiger partial charge in [0.15, 0.2) is 0 Å². The van der Waals surface area contributed by atoms with Crippen molar-refractivity contribution in [1.82, 2.24) is 5.32 Å². The van der Waals surface area contributed by atoms with Crippen molar-refractivity contribution in [2.75, 3.05) is 17.2 Å². The summed E-state index contributed by atoms with van der Waals surface area (Å²) in [5, 5.41) is 7.79. The molecule has 7 nitrogen and oxygen atoms in total. The molecular formula is C22H24BrN3O4. The zero-order chi connectivity index (χ0) is 22.1. The van der Waals surface area contributed by atoms with E-state index in [1.807, 2.05) is 24.3 Å². The van der Waals surface area contributed by atoms with Crippen molar-refractivity contribution in [2.45, 2.75) is 26.4 Å². The maximum Gasteiger partial charge on any atom is 0.408 e. The van der Waals surface area contributed by atoms with Crippen LogP contribution in [-0.4, -0.2) is 30.1 Å². The highest BCUT2D eigenvalue weighted by Crippen LogP contribution is 2.17. The highest BCUT2D eigenvalue weighted by molar-refractivity contribution is 9.10. The normalized spacial score (nSPS) is 11.1. The van der Waals surface area contributed by atoms with Crippen molar-refractivity contribution in [3.05, 3.63) is 64.6 Å². The van der Waals surface area contributed by atoms with Crippen molar-refractivity contribution < 1.29 is 19.1 Å². The number of rotatable bonds is 6. The number of anilines is 2. The zero-order valence-corrected chi connectivity index (χ0v) is 18.6. The highest BCUT2D eigenvalue weighted by atomic mass is 79.9. The van der Waals surface area contributed by atoms with E-state index in [2.05, 4.69) is 31.9 Å². The van der Waals surface area contributed by atoms with Crippen LogP contribution < -0.4 is 16.0 Å². The summed E-state index contributed by atoms with van der Waals surface area (Å²) in [6.45, 7) is 5.00. The highest BCUT2D eigenvalue weighted by Gasteiger charge is 2.16. The van der Waals surface area contributed by atoms with Crippen LogP contribution in [0.3, 0.4) is 0 Å². The Bertz CT molecular complexity index is 934. The summed E-state index contributed by atoms with van der Waals surface area (Å²) < 4.78 is 5.97. The van der Waals surface area contributed by atoms with Gasteiger partial charge in [-0.1, -0.05) is 34.1 Å². The van der Waals surface area contributed by atoms with E-state index in [4.69, 9.17) is 4.74 Å². The predicted octanol–water partition coefficient (Wildman–Crippen LogP) is 4.56. The quantitative estimate of drug-likeness (QED) is 0.535. The molecule has 3 amide bonds.